The number of hydrogen-bond donors (Lipinski definition) is 2. The van der Waals surface area contributed by atoms with Crippen LogP contribution in [0.1, 0.15) is 37.9 Å². The van der Waals surface area contributed by atoms with Crippen molar-refractivity contribution in [3.63, 3.8) is 0 Å². The summed E-state index contributed by atoms with van der Waals surface area (Å²) >= 11 is 0. The summed E-state index contributed by atoms with van der Waals surface area (Å²) in [5, 5.41) is 12.0. The third kappa shape index (κ3) is 4.35. The first-order chi connectivity index (χ1) is 9.20. The number of aliphatic hydroxyl groups is 1. The normalized spacial score (nSPS) is 16.3. The van der Waals surface area contributed by atoms with Gasteiger partial charge in [-0.05, 0) is 38.5 Å². The molecule has 5 heteroatoms. The average Bonchev–Trinajstić information content (AvgIpc) is 3.14. The molecule has 5 nitrogen and oxygen atoms in total. The van der Waals surface area contributed by atoms with E-state index in [2.05, 4.69) is 14.9 Å². The number of nitrogens with zero attached hydrogens (tertiary/aromatic N) is 2. The van der Waals surface area contributed by atoms with Crippen molar-refractivity contribution >= 4 is 5.91 Å². The van der Waals surface area contributed by atoms with Gasteiger partial charge in [-0.1, -0.05) is 0 Å². The molecule has 1 unspecified atom stereocenters. The van der Waals surface area contributed by atoms with Crippen molar-refractivity contribution in [3.05, 3.63) is 18.2 Å². The molecule has 0 spiro atoms. The molecule has 1 amide bonds. The van der Waals surface area contributed by atoms with Gasteiger partial charge in [0.15, 0.2) is 0 Å². The van der Waals surface area contributed by atoms with Gasteiger partial charge in [-0.3, -0.25) is 4.79 Å². The number of rotatable bonds is 8. The molecule has 0 radical (unpaired) electrons. The highest BCUT2D eigenvalue weighted by Gasteiger charge is 2.31. The molecular formula is C14H23N3O2. The van der Waals surface area contributed by atoms with Gasteiger partial charge in [-0.2, -0.15) is 0 Å². The predicted molar refractivity (Wildman–Crippen MR) is 72.6 cm³/mol. The summed E-state index contributed by atoms with van der Waals surface area (Å²) in [6, 6.07) is 0.174. The van der Waals surface area contributed by atoms with E-state index in [4.69, 9.17) is 5.11 Å². The zero-order chi connectivity index (χ0) is 13.7. The van der Waals surface area contributed by atoms with Crippen LogP contribution >= 0.6 is 0 Å². The quantitative estimate of drug-likeness (QED) is 0.743. The van der Waals surface area contributed by atoms with E-state index < -0.39 is 0 Å². The summed E-state index contributed by atoms with van der Waals surface area (Å²) in [7, 11) is 0. The fourth-order valence-electron chi connectivity index (χ4n) is 2.39. The molecule has 1 aliphatic carbocycles. The van der Waals surface area contributed by atoms with Crippen molar-refractivity contribution in [1.82, 2.24) is 14.9 Å². The van der Waals surface area contributed by atoms with Crippen molar-refractivity contribution in [2.75, 3.05) is 6.61 Å². The van der Waals surface area contributed by atoms with Crippen LogP contribution in [0.4, 0.5) is 0 Å². The summed E-state index contributed by atoms with van der Waals surface area (Å²) < 4.78 is 2.05. The maximum absolute atomic E-state index is 11.9. The van der Waals surface area contributed by atoms with E-state index in [1.54, 1.807) is 6.20 Å². The molecular weight excluding hydrogens is 242 g/mol. The lowest BCUT2D eigenvalue weighted by molar-refractivity contribution is -0.122. The lowest BCUT2D eigenvalue weighted by atomic mass is 10.1. The zero-order valence-electron chi connectivity index (χ0n) is 11.5. The highest BCUT2D eigenvalue weighted by molar-refractivity contribution is 5.76. The van der Waals surface area contributed by atoms with Gasteiger partial charge >= 0.3 is 0 Å². The van der Waals surface area contributed by atoms with Crippen LogP contribution in [0.15, 0.2) is 12.4 Å². The maximum atomic E-state index is 11.9. The Hall–Kier alpha value is -1.36. The molecule has 1 aromatic heterocycles. The molecule has 1 atom stereocenters. The summed E-state index contributed by atoms with van der Waals surface area (Å²) in [6.07, 6.45) is 8.10. The monoisotopic (exact) mass is 265 g/mol. The zero-order valence-corrected chi connectivity index (χ0v) is 11.5. The Balaban J connectivity index is 1.67. The van der Waals surface area contributed by atoms with Crippen LogP contribution in [0.5, 0.6) is 0 Å². The Kier molecular flexibility index (Phi) is 4.96. The van der Waals surface area contributed by atoms with Crippen LogP contribution in [0, 0.1) is 12.8 Å². The highest BCUT2D eigenvalue weighted by Crippen LogP contribution is 2.33. The molecule has 106 valence electrons. The van der Waals surface area contributed by atoms with E-state index in [1.165, 1.54) is 12.8 Å². The molecule has 1 heterocycles. The number of aliphatic hydroxyl groups excluding tert-OH is 1. The minimum Gasteiger partial charge on any atom is -0.396 e. The van der Waals surface area contributed by atoms with Gasteiger partial charge in [0.1, 0.15) is 5.82 Å². The smallest absolute Gasteiger partial charge is 0.220 e. The van der Waals surface area contributed by atoms with E-state index in [9.17, 15) is 4.79 Å². The number of nitrogens with one attached hydrogen (secondary N) is 1. The Morgan fingerprint density at radius 1 is 1.63 bits per heavy atom. The highest BCUT2D eigenvalue weighted by atomic mass is 16.3. The maximum Gasteiger partial charge on any atom is 0.220 e. The molecule has 1 aromatic rings. The van der Waals surface area contributed by atoms with E-state index >= 15 is 0 Å². The van der Waals surface area contributed by atoms with Gasteiger partial charge in [-0.25, -0.2) is 4.98 Å². The number of aromatic nitrogens is 2. The lowest BCUT2D eigenvalue weighted by Gasteiger charge is -2.17. The van der Waals surface area contributed by atoms with Crippen molar-refractivity contribution < 1.29 is 9.90 Å². The summed E-state index contributed by atoms with van der Waals surface area (Å²) in [5.74, 6) is 1.67. The molecule has 0 aromatic carbocycles. The number of hydrogen-bond acceptors (Lipinski definition) is 3. The van der Waals surface area contributed by atoms with Crippen LogP contribution < -0.4 is 5.32 Å². The molecule has 1 aliphatic rings. The molecule has 2 rings (SSSR count). The number of carbonyl (C=O) groups is 1. The van der Waals surface area contributed by atoms with Crippen LogP contribution in [-0.4, -0.2) is 33.2 Å². The summed E-state index contributed by atoms with van der Waals surface area (Å²) in [6.45, 7) is 2.94. The van der Waals surface area contributed by atoms with Crippen LogP contribution in [0.3, 0.4) is 0 Å². The molecule has 1 saturated carbocycles. The van der Waals surface area contributed by atoms with Gasteiger partial charge in [-0.15, -0.1) is 0 Å². The first-order valence-electron chi connectivity index (χ1n) is 7.08. The number of carbonyl (C=O) groups excluding carboxylic acids is 1. The van der Waals surface area contributed by atoms with Crippen LogP contribution in [0.25, 0.3) is 0 Å². The van der Waals surface area contributed by atoms with E-state index in [0.29, 0.717) is 18.8 Å². The second-order valence-corrected chi connectivity index (χ2v) is 5.30. The van der Waals surface area contributed by atoms with Crippen molar-refractivity contribution in [2.24, 2.45) is 5.92 Å². The average molecular weight is 265 g/mol. The van der Waals surface area contributed by atoms with Gasteiger partial charge in [0.25, 0.3) is 0 Å². The number of imidazole rings is 1. The van der Waals surface area contributed by atoms with Crippen molar-refractivity contribution in [2.45, 2.75) is 51.6 Å². The van der Waals surface area contributed by atoms with Gasteiger partial charge < -0.3 is 15.0 Å². The van der Waals surface area contributed by atoms with Gasteiger partial charge in [0.05, 0.1) is 0 Å². The van der Waals surface area contributed by atoms with E-state index in [1.807, 2.05) is 13.1 Å². The Morgan fingerprint density at radius 3 is 3.00 bits per heavy atom. The van der Waals surface area contributed by atoms with Crippen LogP contribution in [0.2, 0.25) is 0 Å². The Labute approximate surface area is 114 Å². The molecule has 1 fully saturated rings. The third-order valence-electron chi connectivity index (χ3n) is 3.70. The molecule has 2 N–H and O–H groups in total. The largest absolute Gasteiger partial charge is 0.396 e. The van der Waals surface area contributed by atoms with Gasteiger partial charge in [0, 0.05) is 38.0 Å². The molecule has 0 aliphatic heterocycles. The molecule has 19 heavy (non-hydrogen) atoms. The first-order valence-corrected chi connectivity index (χ1v) is 7.08. The predicted octanol–water partition coefficient (Wildman–Crippen LogP) is 1.25. The Bertz CT molecular complexity index is 413. The van der Waals surface area contributed by atoms with Crippen molar-refractivity contribution in [3.8, 4) is 0 Å². The molecule has 0 bridgehead atoms. The first kappa shape index (κ1) is 14.1. The third-order valence-corrected chi connectivity index (χ3v) is 3.70. The SMILES string of the molecule is Cc1nccn1CCCC(=O)NC(CCO)C1CC1. The standard InChI is InChI=1S/C14H23N3O2/c1-11-15-7-9-17(11)8-2-3-14(19)16-13(6-10-18)12-4-5-12/h7,9,12-13,18H,2-6,8,10H2,1H3,(H,16,19). The van der Waals surface area contributed by atoms with Gasteiger partial charge in [0.2, 0.25) is 5.91 Å². The second kappa shape index (κ2) is 6.70. The second-order valence-electron chi connectivity index (χ2n) is 5.30. The Morgan fingerprint density at radius 2 is 2.42 bits per heavy atom. The number of aryl methyl sites for hydroxylation is 2. The fraction of sp³-hybridized carbons (Fsp3) is 0.714. The minimum atomic E-state index is 0.100. The van der Waals surface area contributed by atoms with Crippen molar-refractivity contribution in [1.29, 1.82) is 0 Å². The minimum absolute atomic E-state index is 0.100. The van der Waals surface area contributed by atoms with E-state index in [-0.39, 0.29) is 18.6 Å². The molecule has 0 saturated heterocycles. The van der Waals surface area contributed by atoms with E-state index in [0.717, 1.165) is 18.8 Å². The number of amides is 1. The van der Waals surface area contributed by atoms with Crippen LogP contribution in [-0.2, 0) is 11.3 Å². The fourth-order valence-corrected chi connectivity index (χ4v) is 2.39. The summed E-state index contributed by atoms with van der Waals surface area (Å²) in [5.41, 5.74) is 0. The topological polar surface area (TPSA) is 67.2 Å². The summed E-state index contributed by atoms with van der Waals surface area (Å²) in [4.78, 5) is 16.0. The lowest BCUT2D eigenvalue weighted by Crippen LogP contribution is -2.37.